The smallest absolute Gasteiger partial charge is 0.227 e. The van der Waals surface area contributed by atoms with Crippen LogP contribution in [0.2, 0.25) is 0 Å². The van der Waals surface area contributed by atoms with Gasteiger partial charge >= 0.3 is 0 Å². The number of aromatic nitrogens is 2. The van der Waals surface area contributed by atoms with Crippen LogP contribution in [0.15, 0.2) is 11.4 Å². The Morgan fingerprint density at radius 2 is 2.08 bits per heavy atom. The fourth-order valence-electron chi connectivity index (χ4n) is 4.59. The second-order valence-electron chi connectivity index (χ2n) is 7.85. The number of piperidine rings is 1. The lowest BCUT2D eigenvalue weighted by Gasteiger charge is -2.40. The van der Waals surface area contributed by atoms with Gasteiger partial charge in [-0.25, -0.2) is 9.97 Å². The van der Waals surface area contributed by atoms with Crippen LogP contribution in [-0.4, -0.2) is 46.5 Å². The van der Waals surface area contributed by atoms with E-state index in [0.29, 0.717) is 11.9 Å². The van der Waals surface area contributed by atoms with Gasteiger partial charge in [-0.3, -0.25) is 4.79 Å². The number of anilines is 1. The van der Waals surface area contributed by atoms with Crippen LogP contribution in [-0.2, 0) is 4.79 Å². The molecule has 2 aromatic rings. The maximum Gasteiger partial charge on any atom is 0.227 e. The monoisotopic (exact) mass is 356 g/mol. The van der Waals surface area contributed by atoms with E-state index in [4.69, 9.17) is 4.98 Å². The maximum absolute atomic E-state index is 13.0. The first-order chi connectivity index (χ1) is 12.2. The van der Waals surface area contributed by atoms with E-state index < -0.39 is 0 Å². The fraction of sp³-hybridized carbons (Fsp3) is 0.632. The van der Waals surface area contributed by atoms with Gasteiger partial charge in [0.1, 0.15) is 16.5 Å². The summed E-state index contributed by atoms with van der Waals surface area (Å²) in [7, 11) is 0. The molecule has 1 amide bonds. The Morgan fingerprint density at radius 1 is 1.20 bits per heavy atom. The molecule has 5 heterocycles. The van der Waals surface area contributed by atoms with Crippen LogP contribution in [0.3, 0.4) is 0 Å². The van der Waals surface area contributed by atoms with Gasteiger partial charge in [0.25, 0.3) is 0 Å². The topological polar surface area (TPSA) is 49.3 Å². The zero-order valence-corrected chi connectivity index (χ0v) is 15.5. The van der Waals surface area contributed by atoms with E-state index in [1.54, 1.807) is 11.3 Å². The van der Waals surface area contributed by atoms with Crippen molar-refractivity contribution < 1.29 is 4.79 Å². The number of rotatable bonds is 3. The average molecular weight is 356 g/mol. The molecule has 2 atom stereocenters. The molecule has 4 fully saturated rings. The van der Waals surface area contributed by atoms with Crippen molar-refractivity contribution in [3.63, 3.8) is 0 Å². The average Bonchev–Trinajstić information content (AvgIpc) is 2.85. The van der Waals surface area contributed by atoms with Gasteiger partial charge in [0.2, 0.25) is 5.91 Å². The van der Waals surface area contributed by atoms with Crippen LogP contribution in [0.5, 0.6) is 0 Å². The summed E-state index contributed by atoms with van der Waals surface area (Å²) in [6.07, 6.45) is 6.09. The summed E-state index contributed by atoms with van der Waals surface area (Å²) in [5.74, 6) is 3.10. The first-order valence-electron chi connectivity index (χ1n) is 9.46. The number of hydrogen-bond acceptors (Lipinski definition) is 5. The van der Waals surface area contributed by atoms with E-state index in [2.05, 4.69) is 26.2 Å². The highest BCUT2D eigenvalue weighted by atomic mass is 32.1. The van der Waals surface area contributed by atoms with E-state index in [1.807, 2.05) is 6.92 Å². The number of thiophene rings is 1. The van der Waals surface area contributed by atoms with Gasteiger partial charge in [0, 0.05) is 25.7 Å². The molecule has 0 aromatic carbocycles. The summed E-state index contributed by atoms with van der Waals surface area (Å²) in [5, 5.41) is 3.22. The number of hydrogen-bond donors (Lipinski definition) is 0. The van der Waals surface area contributed by atoms with Crippen LogP contribution in [0.1, 0.15) is 37.9 Å². The quantitative estimate of drug-likeness (QED) is 0.847. The molecular weight excluding hydrogens is 332 g/mol. The lowest BCUT2D eigenvalue weighted by molar-refractivity contribution is -0.141. The zero-order chi connectivity index (χ0) is 17.0. The molecule has 6 heteroatoms. The van der Waals surface area contributed by atoms with Crippen LogP contribution >= 0.6 is 11.3 Å². The fourth-order valence-corrected chi connectivity index (χ4v) is 5.40. The lowest BCUT2D eigenvalue weighted by Crippen LogP contribution is -2.50. The molecule has 1 saturated carbocycles. The Morgan fingerprint density at radius 3 is 2.88 bits per heavy atom. The molecule has 0 unspecified atom stereocenters. The van der Waals surface area contributed by atoms with E-state index in [-0.39, 0.29) is 5.92 Å². The van der Waals surface area contributed by atoms with Crippen LogP contribution in [0, 0.1) is 18.8 Å². The SMILES string of the molecule is Cc1nc(N2C[C@@H]3CC[C@H](C2)N(CC2CCC2)C3=O)c2ccsc2n1. The molecule has 2 bridgehead atoms. The summed E-state index contributed by atoms with van der Waals surface area (Å²) < 4.78 is 0. The highest BCUT2D eigenvalue weighted by Gasteiger charge is 2.42. The minimum atomic E-state index is 0.128. The molecule has 0 radical (unpaired) electrons. The predicted octanol–water partition coefficient (Wildman–Crippen LogP) is 3.23. The molecule has 132 valence electrons. The van der Waals surface area contributed by atoms with Gasteiger partial charge in [-0.1, -0.05) is 6.42 Å². The Labute approximate surface area is 152 Å². The second kappa shape index (κ2) is 5.94. The minimum Gasteiger partial charge on any atom is -0.353 e. The number of nitrogens with zero attached hydrogens (tertiary/aromatic N) is 4. The molecule has 25 heavy (non-hydrogen) atoms. The summed E-state index contributed by atoms with van der Waals surface area (Å²) in [4.78, 5) is 28.0. The van der Waals surface area contributed by atoms with Crippen molar-refractivity contribution >= 4 is 33.3 Å². The highest BCUT2D eigenvalue weighted by molar-refractivity contribution is 7.16. The van der Waals surface area contributed by atoms with Crippen molar-refractivity contribution in [2.45, 2.75) is 45.1 Å². The standard InChI is InChI=1S/C19H24N4OS/c1-12-20-17(16-7-8-25-18(16)21-12)22-10-14-5-6-15(11-22)23(19(14)24)9-13-3-2-4-13/h7-8,13-15H,2-6,9-11H2,1H3/t14-,15+/m0/s1. The Bertz CT molecular complexity index is 815. The van der Waals surface area contributed by atoms with Gasteiger partial charge in [0.05, 0.1) is 11.3 Å². The third kappa shape index (κ3) is 2.62. The first-order valence-corrected chi connectivity index (χ1v) is 10.3. The number of carbonyl (C=O) groups excluding carboxylic acids is 1. The summed E-state index contributed by atoms with van der Waals surface area (Å²) in [6.45, 7) is 4.65. The summed E-state index contributed by atoms with van der Waals surface area (Å²) in [6, 6.07) is 2.46. The van der Waals surface area contributed by atoms with E-state index in [9.17, 15) is 4.79 Å². The lowest BCUT2D eigenvalue weighted by atomic mass is 9.83. The first kappa shape index (κ1) is 15.6. The molecule has 5 nitrogen and oxygen atoms in total. The van der Waals surface area contributed by atoms with Gasteiger partial charge < -0.3 is 9.80 Å². The Kier molecular flexibility index (Phi) is 3.69. The molecular formula is C19H24N4OS. The molecule has 6 rings (SSSR count). The van der Waals surface area contributed by atoms with Crippen molar-refractivity contribution in [2.75, 3.05) is 24.5 Å². The Balaban J connectivity index is 1.48. The maximum atomic E-state index is 13.0. The van der Waals surface area contributed by atoms with Crippen LogP contribution in [0.4, 0.5) is 5.82 Å². The van der Waals surface area contributed by atoms with Gasteiger partial charge in [0.15, 0.2) is 0 Å². The molecule has 0 N–H and O–H groups in total. The van der Waals surface area contributed by atoms with Crippen molar-refractivity contribution in [2.24, 2.45) is 11.8 Å². The van der Waals surface area contributed by atoms with Gasteiger partial charge in [-0.15, -0.1) is 11.3 Å². The van der Waals surface area contributed by atoms with Crippen LogP contribution in [0.25, 0.3) is 10.2 Å². The van der Waals surface area contributed by atoms with Crippen molar-refractivity contribution in [1.82, 2.24) is 14.9 Å². The van der Waals surface area contributed by atoms with E-state index in [0.717, 1.165) is 60.3 Å². The molecule has 1 aliphatic carbocycles. The van der Waals surface area contributed by atoms with Crippen molar-refractivity contribution in [3.8, 4) is 0 Å². The Hall–Kier alpha value is -1.69. The molecule has 0 spiro atoms. The number of carbonyl (C=O) groups is 1. The third-order valence-electron chi connectivity index (χ3n) is 6.19. The van der Waals surface area contributed by atoms with E-state index >= 15 is 0 Å². The summed E-state index contributed by atoms with van der Waals surface area (Å²) in [5.41, 5.74) is 0. The molecule has 4 aliphatic rings. The van der Waals surface area contributed by atoms with Crippen molar-refractivity contribution in [3.05, 3.63) is 17.3 Å². The highest BCUT2D eigenvalue weighted by Crippen LogP contribution is 2.36. The number of aryl methyl sites for hydroxylation is 1. The molecule has 2 aromatic heterocycles. The third-order valence-corrected chi connectivity index (χ3v) is 7.00. The molecule has 3 saturated heterocycles. The zero-order valence-electron chi connectivity index (χ0n) is 14.6. The summed E-state index contributed by atoms with van der Waals surface area (Å²) >= 11 is 1.67. The van der Waals surface area contributed by atoms with E-state index in [1.165, 1.54) is 19.3 Å². The largest absolute Gasteiger partial charge is 0.353 e. The van der Waals surface area contributed by atoms with Gasteiger partial charge in [-0.05, 0) is 50.0 Å². The molecule has 3 aliphatic heterocycles. The number of fused-ring (bicyclic) bond motifs is 5. The second-order valence-corrected chi connectivity index (χ2v) is 8.75. The number of amides is 1. The normalized spacial score (nSPS) is 27.0. The minimum absolute atomic E-state index is 0.128. The van der Waals surface area contributed by atoms with Crippen LogP contribution < -0.4 is 4.90 Å². The van der Waals surface area contributed by atoms with Crippen molar-refractivity contribution in [1.29, 1.82) is 0 Å². The predicted molar refractivity (Wildman–Crippen MR) is 99.9 cm³/mol. The van der Waals surface area contributed by atoms with Gasteiger partial charge in [-0.2, -0.15) is 0 Å².